The molecule has 1 aliphatic heterocycles. The molecule has 4 nitrogen and oxygen atoms in total. The zero-order chi connectivity index (χ0) is 25.7. The Kier molecular flexibility index (Phi) is 10.9. The standard InChI is InChI=1S/C13H16FNO.C8H6F3NO.C6H6/c1-10-6-5-7-11(14)12(10)13(16)15-8-3-2-4-9-15;9-8(10,11)6-2-1-3-7(4-6)12-5-13;1-2-4-6-5-3-1/h5-7H,2-4,8-9H2,1H3;1-5H,(H,12,13);1-6H. The number of rotatable bonds is 3. The summed E-state index contributed by atoms with van der Waals surface area (Å²) in [6.45, 7) is 3.29. The lowest BCUT2D eigenvalue weighted by atomic mass is 10.0. The van der Waals surface area contributed by atoms with Crippen LogP contribution in [0.5, 0.6) is 0 Å². The second kappa shape index (κ2) is 13.9. The molecule has 1 N–H and O–H groups in total. The predicted octanol–water partition coefficient (Wildman–Crippen LogP) is 6.72. The number of benzene rings is 3. The number of alkyl halides is 3. The molecule has 0 spiro atoms. The summed E-state index contributed by atoms with van der Waals surface area (Å²) in [5, 5.41) is 2.14. The lowest BCUT2D eigenvalue weighted by Gasteiger charge is -2.27. The Morgan fingerprint density at radius 2 is 1.46 bits per heavy atom. The fourth-order valence-corrected chi connectivity index (χ4v) is 3.40. The van der Waals surface area contributed by atoms with Crippen molar-refractivity contribution in [2.24, 2.45) is 0 Å². The molecule has 0 aliphatic carbocycles. The van der Waals surface area contributed by atoms with Crippen molar-refractivity contribution in [3.8, 4) is 0 Å². The number of carbonyl (C=O) groups excluding carboxylic acids is 2. The highest BCUT2D eigenvalue weighted by molar-refractivity contribution is 5.96. The van der Waals surface area contributed by atoms with Crippen molar-refractivity contribution in [2.75, 3.05) is 18.4 Å². The van der Waals surface area contributed by atoms with Gasteiger partial charge in [-0.15, -0.1) is 0 Å². The maximum atomic E-state index is 13.6. The minimum atomic E-state index is -4.37. The number of likely N-dealkylation sites (tertiary alicyclic amines) is 1. The Labute approximate surface area is 202 Å². The van der Waals surface area contributed by atoms with E-state index in [4.69, 9.17) is 0 Å². The quantitative estimate of drug-likeness (QED) is 0.329. The molecular formula is C27H28F4N2O2. The van der Waals surface area contributed by atoms with Crippen LogP contribution in [0.1, 0.15) is 40.7 Å². The molecule has 186 valence electrons. The number of carbonyl (C=O) groups is 2. The smallest absolute Gasteiger partial charge is 0.339 e. The van der Waals surface area contributed by atoms with E-state index in [1.54, 1.807) is 24.0 Å². The molecule has 2 amide bonds. The maximum absolute atomic E-state index is 13.6. The van der Waals surface area contributed by atoms with E-state index in [9.17, 15) is 27.2 Å². The second-order valence-electron chi connectivity index (χ2n) is 7.78. The van der Waals surface area contributed by atoms with Crippen LogP contribution < -0.4 is 5.32 Å². The van der Waals surface area contributed by atoms with Gasteiger partial charge in [0.25, 0.3) is 5.91 Å². The molecule has 8 heteroatoms. The van der Waals surface area contributed by atoms with E-state index in [-0.39, 0.29) is 17.2 Å². The summed E-state index contributed by atoms with van der Waals surface area (Å²) in [7, 11) is 0. The molecule has 0 atom stereocenters. The topological polar surface area (TPSA) is 49.4 Å². The molecule has 4 rings (SSSR count). The summed E-state index contributed by atoms with van der Waals surface area (Å²) in [6.07, 6.45) is -0.825. The van der Waals surface area contributed by atoms with Crippen LogP contribution in [-0.2, 0) is 11.0 Å². The summed E-state index contributed by atoms with van der Waals surface area (Å²) in [4.78, 5) is 23.8. The largest absolute Gasteiger partial charge is 0.416 e. The molecule has 0 unspecified atom stereocenters. The first-order valence-electron chi connectivity index (χ1n) is 11.2. The van der Waals surface area contributed by atoms with E-state index in [1.165, 1.54) is 24.6 Å². The van der Waals surface area contributed by atoms with Gasteiger partial charge in [-0.2, -0.15) is 13.2 Å². The van der Waals surface area contributed by atoms with Crippen molar-refractivity contribution >= 4 is 18.0 Å². The van der Waals surface area contributed by atoms with Crippen LogP contribution in [0.2, 0.25) is 0 Å². The van der Waals surface area contributed by atoms with Crippen molar-refractivity contribution < 1.29 is 27.2 Å². The van der Waals surface area contributed by atoms with Crippen molar-refractivity contribution in [1.29, 1.82) is 0 Å². The normalized spacial score (nSPS) is 12.9. The number of nitrogens with zero attached hydrogens (tertiary/aromatic N) is 1. The molecule has 0 radical (unpaired) electrons. The van der Waals surface area contributed by atoms with Crippen LogP contribution in [-0.4, -0.2) is 30.3 Å². The number of amides is 2. The number of anilines is 1. The van der Waals surface area contributed by atoms with Gasteiger partial charge in [0.2, 0.25) is 6.41 Å². The molecule has 0 saturated carbocycles. The molecular weight excluding hydrogens is 460 g/mol. The van der Waals surface area contributed by atoms with E-state index in [1.807, 2.05) is 36.4 Å². The van der Waals surface area contributed by atoms with E-state index >= 15 is 0 Å². The van der Waals surface area contributed by atoms with Gasteiger partial charge in [0.1, 0.15) is 5.82 Å². The van der Waals surface area contributed by atoms with Crippen molar-refractivity contribution in [1.82, 2.24) is 4.90 Å². The third-order valence-corrected chi connectivity index (χ3v) is 5.16. The molecule has 1 heterocycles. The summed E-state index contributed by atoms with van der Waals surface area (Å²) in [5.74, 6) is -0.564. The van der Waals surface area contributed by atoms with Gasteiger partial charge in [-0.05, 0) is 56.0 Å². The highest BCUT2D eigenvalue weighted by Crippen LogP contribution is 2.30. The molecule has 1 aliphatic rings. The highest BCUT2D eigenvalue weighted by atomic mass is 19.4. The molecule has 1 fully saturated rings. The van der Waals surface area contributed by atoms with E-state index in [0.717, 1.165) is 43.6 Å². The van der Waals surface area contributed by atoms with Gasteiger partial charge in [-0.1, -0.05) is 54.6 Å². The third-order valence-electron chi connectivity index (χ3n) is 5.16. The number of hydrogen-bond donors (Lipinski definition) is 1. The van der Waals surface area contributed by atoms with Crippen LogP contribution >= 0.6 is 0 Å². The van der Waals surface area contributed by atoms with Crippen LogP contribution in [0.25, 0.3) is 0 Å². The van der Waals surface area contributed by atoms with Gasteiger partial charge >= 0.3 is 6.18 Å². The van der Waals surface area contributed by atoms with Gasteiger partial charge in [0.05, 0.1) is 11.1 Å². The Bertz CT molecular complexity index is 1020. The van der Waals surface area contributed by atoms with E-state index in [0.29, 0.717) is 6.41 Å². The van der Waals surface area contributed by atoms with E-state index in [2.05, 4.69) is 5.32 Å². The third kappa shape index (κ3) is 9.23. The summed E-state index contributed by atoms with van der Waals surface area (Å²) in [5.41, 5.74) is 0.309. The Morgan fingerprint density at radius 1 is 0.886 bits per heavy atom. The first kappa shape index (κ1) is 27.6. The average molecular weight is 489 g/mol. The SMILES string of the molecule is Cc1cccc(F)c1C(=O)N1CCCCC1.O=CNc1cccc(C(F)(F)F)c1.c1ccccc1. The Morgan fingerprint density at radius 3 is 1.97 bits per heavy atom. The molecule has 0 aromatic heterocycles. The number of aryl methyl sites for hydroxylation is 1. The van der Waals surface area contributed by atoms with Gasteiger partial charge < -0.3 is 10.2 Å². The molecule has 3 aromatic carbocycles. The van der Waals surface area contributed by atoms with Gasteiger partial charge in [-0.25, -0.2) is 4.39 Å². The van der Waals surface area contributed by atoms with Crippen LogP contribution in [0, 0.1) is 12.7 Å². The van der Waals surface area contributed by atoms with Crippen LogP contribution in [0.4, 0.5) is 23.2 Å². The first-order valence-corrected chi connectivity index (χ1v) is 11.2. The summed E-state index contributed by atoms with van der Waals surface area (Å²) >= 11 is 0. The highest BCUT2D eigenvalue weighted by Gasteiger charge is 2.30. The van der Waals surface area contributed by atoms with Crippen molar-refractivity contribution in [3.05, 3.63) is 101 Å². The fourth-order valence-electron chi connectivity index (χ4n) is 3.40. The fraction of sp³-hybridized carbons (Fsp3) is 0.259. The monoisotopic (exact) mass is 488 g/mol. The van der Waals surface area contributed by atoms with Crippen LogP contribution in [0.3, 0.4) is 0 Å². The molecule has 3 aromatic rings. The van der Waals surface area contributed by atoms with Crippen molar-refractivity contribution in [3.63, 3.8) is 0 Å². The predicted molar refractivity (Wildman–Crippen MR) is 128 cm³/mol. The van der Waals surface area contributed by atoms with Gasteiger partial charge in [0, 0.05) is 18.8 Å². The lowest BCUT2D eigenvalue weighted by molar-refractivity contribution is -0.137. The first-order chi connectivity index (χ1) is 16.7. The zero-order valence-corrected chi connectivity index (χ0v) is 19.4. The Hall–Kier alpha value is -3.68. The second-order valence-corrected chi connectivity index (χ2v) is 7.78. The van der Waals surface area contributed by atoms with Gasteiger partial charge in [-0.3, -0.25) is 9.59 Å². The maximum Gasteiger partial charge on any atom is 0.416 e. The minimum Gasteiger partial charge on any atom is -0.339 e. The Balaban J connectivity index is 0.000000203. The number of nitrogens with one attached hydrogen (secondary N) is 1. The summed E-state index contributed by atoms with van der Waals surface area (Å²) < 4.78 is 49.9. The molecule has 1 saturated heterocycles. The zero-order valence-electron chi connectivity index (χ0n) is 19.4. The van der Waals surface area contributed by atoms with Crippen molar-refractivity contribution in [2.45, 2.75) is 32.4 Å². The number of piperidine rings is 1. The number of halogens is 4. The molecule has 0 bridgehead atoms. The van der Waals surface area contributed by atoms with Gasteiger partial charge in [0.15, 0.2) is 0 Å². The lowest BCUT2D eigenvalue weighted by Crippen LogP contribution is -2.36. The summed E-state index contributed by atoms with van der Waals surface area (Å²) in [6, 6.07) is 21.2. The minimum absolute atomic E-state index is 0.129. The van der Waals surface area contributed by atoms with E-state index < -0.39 is 17.6 Å². The van der Waals surface area contributed by atoms with Crippen LogP contribution in [0.15, 0.2) is 78.9 Å². The number of hydrogen-bond acceptors (Lipinski definition) is 2. The average Bonchev–Trinajstić information content (AvgIpc) is 2.86. The molecule has 35 heavy (non-hydrogen) atoms.